The van der Waals surface area contributed by atoms with Crippen molar-refractivity contribution in [2.75, 3.05) is 0 Å². The van der Waals surface area contributed by atoms with Gasteiger partial charge in [0.1, 0.15) is 27.9 Å². The summed E-state index contributed by atoms with van der Waals surface area (Å²) in [6.45, 7) is 5.27. The number of carbonyl (C=O) groups excluding carboxylic acids is 1. The highest BCUT2D eigenvalue weighted by Crippen LogP contribution is 2.19. The van der Waals surface area contributed by atoms with Crippen molar-refractivity contribution in [3.63, 3.8) is 0 Å². The molecule has 3 aromatic rings. The van der Waals surface area contributed by atoms with Crippen molar-refractivity contribution < 1.29 is 13.6 Å². The lowest BCUT2D eigenvalue weighted by molar-refractivity contribution is -0.120. The van der Waals surface area contributed by atoms with E-state index < -0.39 is 5.41 Å². The molecule has 0 fully saturated rings. The van der Waals surface area contributed by atoms with Gasteiger partial charge in [0.05, 0.1) is 17.3 Å². The number of furan rings is 1. The third-order valence-electron chi connectivity index (χ3n) is 4.21. The van der Waals surface area contributed by atoms with Crippen LogP contribution in [0.3, 0.4) is 0 Å². The quantitative estimate of drug-likeness (QED) is 0.663. The molecule has 0 radical (unpaired) electrons. The van der Waals surface area contributed by atoms with Gasteiger partial charge < -0.3 is 4.42 Å². The first-order chi connectivity index (χ1) is 13.7. The van der Waals surface area contributed by atoms with Gasteiger partial charge in [0.2, 0.25) is 0 Å². The molecular weight excluding hydrogens is 391 g/mol. The maximum absolute atomic E-state index is 13.2. The fourth-order valence-electron chi connectivity index (χ4n) is 2.69. The fraction of sp³-hybridized carbons (Fsp3) is 0.227. The number of hydrogen-bond donors (Lipinski definition) is 0. The minimum atomic E-state index is -0.781. The largest absolute Gasteiger partial charge is 0.465 e. The highest BCUT2D eigenvalue weighted by molar-refractivity contribution is 7.07. The zero-order chi connectivity index (χ0) is 21.2. The second-order valence-electron chi connectivity index (χ2n) is 7.51. The van der Waals surface area contributed by atoms with Gasteiger partial charge >= 0.3 is 0 Å². The zero-order valence-electron chi connectivity index (χ0n) is 16.2. The molecule has 5 nitrogen and oxygen atoms in total. The Morgan fingerprint density at radius 2 is 1.97 bits per heavy atom. The van der Waals surface area contributed by atoms with E-state index in [9.17, 15) is 19.2 Å². The molecular formula is C22H19FN2O3S. The van der Waals surface area contributed by atoms with Crippen molar-refractivity contribution in [3.05, 3.63) is 79.4 Å². The summed E-state index contributed by atoms with van der Waals surface area (Å²) in [5, 5.41) is 9.70. The number of hydrogen-bond acceptors (Lipinski definition) is 5. The Balaban J connectivity index is 2.30. The Kier molecular flexibility index (Phi) is 5.66. The van der Waals surface area contributed by atoms with Crippen LogP contribution in [0.15, 0.2) is 51.9 Å². The predicted octanol–water partition coefficient (Wildman–Crippen LogP) is 2.81. The fourth-order valence-corrected chi connectivity index (χ4v) is 3.77. The average molecular weight is 410 g/mol. The van der Waals surface area contributed by atoms with Crippen molar-refractivity contribution in [3.8, 4) is 6.07 Å². The molecule has 0 saturated heterocycles. The minimum Gasteiger partial charge on any atom is -0.465 e. The van der Waals surface area contributed by atoms with Gasteiger partial charge in [-0.25, -0.2) is 4.39 Å². The number of halogens is 1. The molecule has 0 aliphatic heterocycles. The molecule has 0 aliphatic carbocycles. The summed E-state index contributed by atoms with van der Waals surface area (Å²) in [6, 6.07) is 11.1. The van der Waals surface area contributed by atoms with Gasteiger partial charge in [-0.2, -0.15) is 5.26 Å². The Morgan fingerprint density at radius 3 is 2.52 bits per heavy atom. The summed E-state index contributed by atoms with van der Waals surface area (Å²) in [5.74, 6) is -0.242. The van der Waals surface area contributed by atoms with Gasteiger partial charge in [-0.1, -0.05) is 32.9 Å². The summed E-state index contributed by atoms with van der Waals surface area (Å²) in [4.78, 5) is 25.9. The molecule has 1 aromatic carbocycles. The third-order valence-corrected chi connectivity index (χ3v) is 5.34. The molecule has 0 amide bonds. The van der Waals surface area contributed by atoms with Crippen LogP contribution >= 0.6 is 11.3 Å². The molecule has 0 spiro atoms. The number of ketones is 1. The summed E-state index contributed by atoms with van der Waals surface area (Å²) >= 11 is 1.06. The van der Waals surface area contributed by atoms with Gasteiger partial charge in [0, 0.05) is 11.5 Å². The minimum absolute atomic E-state index is 0.0687. The first kappa shape index (κ1) is 20.5. The predicted molar refractivity (Wildman–Crippen MR) is 109 cm³/mol. The van der Waals surface area contributed by atoms with Crippen LogP contribution in [0.5, 0.6) is 0 Å². The standard InChI is InChI=1S/C22H19FN2O3S/c1-22(2,3)19(26)17(12-24)21-25(13-14-6-8-15(23)9-7-14)20(27)18(29-21)11-16-5-4-10-28-16/h4-11H,13H2,1-3H3/b18-11-,21-17-. The van der Waals surface area contributed by atoms with Crippen LogP contribution in [0, 0.1) is 22.6 Å². The summed E-state index contributed by atoms with van der Waals surface area (Å²) < 4.78 is 20.5. The van der Waals surface area contributed by atoms with Gasteiger partial charge in [-0.3, -0.25) is 14.2 Å². The Labute approximate surface area is 170 Å². The third kappa shape index (κ3) is 4.44. The first-order valence-corrected chi connectivity index (χ1v) is 9.71. The number of thiazole rings is 1. The number of nitrogens with zero attached hydrogens (tertiary/aromatic N) is 2. The van der Waals surface area contributed by atoms with Gasteiger partial charge in [-0.05, 0) is 29.8 Å². The summed E-state index contributed by atoms with van der Waals surface area (Å²) in [6.07, 6.45) is 3.07. The van der Waals surface area contributed by atoms with E-state index in [4.69, 9.17) is 4.42 Å². The zero-order valence-corrected chi connectivity index (χ0v) is 17.0. The van der Waals surface area contributed by atoms with Crippen molar-refractivity contribution in [2.45, 2.75) is 27.3 Å². The van der Waals surface area contributed by atoms with Crippen molar-refractivity contribution >= 4 is 28.8 Å². The number of aromatic nitrogens is 1. The molecule has 3 rings (SSSR count). The van der Waals surface area contributed by atoms with Crippen LogP contribution in [0.25, 0.3) is 11.6 Å². The molecule has 148 valence electrons. The van der Waals surface area contributed by atoms with Crippen LogP contribution in [0.2, 0.25) is 0 Å². The Hall–Kier alpha value is -3.24. The van der Waals surface area contributed by atoms with Crippen LogP contribution < -0.4 is 14.8 Å². The molecule has 0 atom stereocenters. The summed E-state index contributed by atoms with van der Waals surface area (Å²) in [5.41, 5.74) is -0.518. The smallest absolute Gasteiger partial charge is 0.269 e. The van der Waals surface area contributed by atoms with Crippen molar-refractivity contribution in [1.82, 2.24) is 4.57 Å². The van der Waals surface area contributed by atoms with Crippen molar-refractivity contribution in [1.29, 1.82) is 5.26 Å². The van der Waals surface area contributed by atoms with E-state index in [0.717, 1.165) is 11.3 Å². The molecule has 0 aliphatic rings. The molecule has 0 bridgehead atoms. The molecule has 29 heavy (non-hydrogen) atoms. The lowest BCUT2D eigenvalue weighted by Gasteiger charge is -2.15. The van der Waals surface area contributed by atoms with Crippen LogP contribution in [0.1, 0.15) is 32.1 Å². The second-order valence-corrected chi connectivity index (χ2v) is 8.55. The second kappa shape index (κ2) is 8.02. The Morgan fingerprint density at radius 1 is 1.28 bits per heavy atom. The van der Waals surface area contributed by atoms with Crippen molar-refractivity contribution in [2.24, 2.45) is 5.41 Å². The van der Waals surface area contributed by atoms with Crippen LogP contribution in [0.4, 0.5) is 4.39 Å². The van der Waals surface area contributed by atoms with E-state index in [1.165, 1.54) is 23.0 Å². The summed E-state index contributed by atoms with van der Waals surface area (Å²) in [7, 11) is 0. The maximum atomic E-state index is 13.2. The van der Waals surface area contributed by atoms with Crippen LogP contribution in [-0.4, -0.2) is 10.4 Å². The van der Waals surface area contributed by atoms with Gasteiger partial charge in [0.15, 0.2) is 5.78 Å². The topological polar surface area (TPSA) is 76.0 Å². The molecule has 0 saturated carbocycles. The number of benzene rings is 1. The van der Waals surface area contributed by atoms with Gasteiger partial charge in [-0.15, -0.1) is 11.3 Å². The van der Waals surface area contributed by atoms with Gasteiger partial charge in [0.25, 0.3) is 5.56 Å². The molecule has 7 heteroatoms. The number of Topliss-reactive ketones (excluding diaryl/α,β-unsaturated/α-hetero) is 1. The number of nitriles is 1. The number of rotatable bonds is 4. The lowest BCUT2D eigenvalue weighted by atomic mass is 9.87. The van der Waals surface area contributed by atoms with E-state index in [1.807, 2.05) is 6.07 Å². The molecule has 0 N–H and O–H groups in total. The molecule has 0 unspecified atom stereocenters. The maximum Gasteiger partial charge on any atom is 0.269 e. The Bertz CT molecular complexity index is 1250. The van der Waals surface area contributed by atoms with E-state index in [1.54, 1.807) is 51.1 Å². The van der Waals surface area contributed by atoms with E-state index in [-0.39, 0.29) is 33.9 Å². The molecule has 2 heterocycles. The number of carbonyl (C=O) groups is 1. The van der Waals surface area contributed by atoms with E-state index >= 15 is 0 Å². The average Bonchev–Trinajstić information content (AvgIpc) is 3.28. The monoisotopic (exact) mass is 410 g/mol. The normalized spacial score (nSPS) is 13.3. The first-order valence-electron chi connectivity index (χ1n) is 8.89. The van der Waals surface area contributed by atoms with E-state index in [2.05, 4.69) is 0 Å². The highest BCUT2D eigenvalue weighted by Gasteiger charge is 2.27. The highest BCUT2D eigenvalue weighted by atomic mass is 32.1. The van der Waals surface area contributed by atoms with Crippen LogP contribution in [-0.2, 0) is 11.3 Å². The lowest BCUT2D eigenvalue weighted by Crippen LogP contribution is -2.34. The molecule has 2 aromatic heterocycles. The van der Waals surface area contributed by atoms with E-state index in [0.29, 0.717) is 15.9 Å². The SMILES string of the molecule is CC(C)(C)C(=O)/C(C#N)=c1\s/c(=C\c2ccco2)c(=O)n1Cc1ccc(F)cc1.